The number of ether oxygens (including phenoxy) is 1. The lowest BCUT2D eigenvalue weighted by molar-refractivity contribution is 0.0787. The van der Waals surface area contributed by atoms with E-state index in [1.807, 2.05) is 26.2 Å². The maximum atomic E-state index is 9.45. The first-order valence-corrected chi connectivity index (χ1v) is 8.48. The van der Waals surface area contributed by atoms with E-state index in [9.17, 15) is 5.26 Å². The smallest absolute Gasteiger partial charge is 0.222 e. The zero-order valence-electron chi connectivity index (χ0n) is 13.6. The quantitative estimate of drug-likeness (QED) is 0.748. The Balaban J connectivity index is 1.97. The van der Waals surface area contributed by atoms with E-state index < -0.39 is 5.92 Å². The molecule has 0 amide bonds. The Morgan fingerprint density at radius 3 is 2.87 bits per heavy atom. The molecular weight excluding hydrogens is 310 g/mol. The zero-order chi connectivity index (χ0) is 16.7. The molecule has 2 aromatic rings. The van der Waals surface area contributed by atoms with Crippen molar-refractivity contribution in [2.45, 2.75) is 39.2 Å². The minimum absolute atomic E-state index is 0.243. The molecule has 0 saturated carbocycles. The molecule has 7 heteroatoms. The van der Waals surface area contributed by atoms with Crippen LogP contribution in [0.25, 0.3) is 0 Å². The summed E-state index contributed by atoms with van der Waals surface area (Å²) in [6.45, 7) is 7.37. The summed E-state index contributed by atoms with van der Waals surface area (Å²) in [5, 5.41) is 15.3. The van der Waals surface area contributed by atoms with Crippen molar-refractivity contribution in [2.24, 2.45) is 0 Å². The van der Waals surface area contributed by atoms with E-state index in [2.05, 4.69) is 26.3 Å². The van der Waals surface area contributed by atoms with E-state index in [0.29, 0.717) is 18.2 Å². The second-order valence-corrected chi connectivity index (χ2v) is 6.28. The van der Waals surface area contributed by atoms with Gasteiger partial charge in [0.1, 0.15) is 10.9 Å². The van der Waals surface area contributed by atoms with Crippen molar-refractivity contribution in [3.63, 3.8) is 0 Å². The van der Waals surface area contributed by atoms with Crippen LogP contribution in [0.2, 0.25) is 0 Å². The molecular formula is C16H21N5OS. The van der Waals surface area contributed by atoms with Gasteiger partial charge < -0.3 is 10.1 Å². The SMILES string of the molecule is Cc1csc(C(C#N)c2ccnc(NCCCOC(C)C)n2)n1. The highest BCUT2D eigenvalue weighted by atomic mass is 32.1. The lowest BCUT2D eigenvalue weighted by Gasteiger charge is -2.10. The van der Waals surface area contributed by atoms with Gasteiger partial charge in [0.05, 0.1) is 17.9 Å². The van der Waals surface area contributed by atoms with Crippen LogP contribution in [0.1, 0.15) is 42.6 Å². The van der Waals surface area contributed by atoms with E-state index in [1.165, 1.54) is 11.3 Å². The van der Waals surface area contributed by atoms with Crippen molar-refractivity contribution >= 4 is 17.3 Å². The topological polar surface area (TPSA) is 83.7 Å². The molecule has 0 spiro atoms. The normalized spacial score (nSPS) is 12.1. The van der Waals surface area contributed by atoms with Crippen LogP contribution in [0, 0.1) is 18.3 Å². The number of nitrogens with one attached hydrogen (secondary N) is 1. The van der Waals surface area contributed by atoms with Crippen LogP contribution in [0.5, 0.6) is 0 Å². The van der Waals surface area contributed by atoms with Gasteiger partial charge in [0.25, 0.3) is 0 Å². The Kier molecular flexibility index (Phi) is 6.44. The van der Waals surface area contributed by atoms with Gasteiger partial charge in [0.15, 0.2) is 0 Å². The Bertz CT molecular complexity index is 664. The van der Waals surface area contributed by atoms with Gasteiger partial charge in [-0.3, -0.25) is 0 Å². The number of thiazole rings is 1. The number of hydrogen-bond donors (Lipinski definition) is 1. The molecule has 0 fully saturated rings. The molecule has 0 radical (unpaired) electrons. The molecule has 6 nitrogen and oxygen atoms in total. The average molecular weight is 331 g/mol. The van der Waals surface area contributed by atoms with Gasteiger partial charge in [-0.2, -0.15) is 5.26 Å². The first kappa shape index (κ1) is 17.3. The summed E-state index contributed by atoms with van der Waals surface area (Å²) in [5.74, 6) is 0.0714. The molecule has 1 unspecified atom stereocenters. The first-order chi connectivity index (χ1) is 11.1. The zero-order valence-corrected chi connectivity index (χ0v) is 14.4. The van der Waals surface area contributed by atoms with Gasteiger partial charge in [0.2, 0.25) is 5.95 Å². The van der Waals surface area contributed by atoms with Crippen molar-refractivity contribution in [3.05, 3.63) is 34.0 Å². The van der Waals surface area contributed by atoms with Crippen molar-refractivity contribution in [1.82, 2.24) is 15.0 Å². The second-order valence-electron chi connectivity index (χ2n) is 5.39. The van der Waals surface area contributed by atoms with Crippen LogP contribution >= 0.6 is 11.3 Å². The molecule has 0 aliphatic carbocycles. The first-order valence-electron chi connectivity index (χ1n) is 7.60. The predicted octanol–water partition coefficient (Wildman–Crippen LogP) is 3.12. The van der Waals surface area contributed by atoms with Gasteiger partial charge in [-0.05, 0) is 33.3 Å². The van der Waals surface area contributed by atoms with Gasteiger partial charge in [-0.15, -0.1) is 11.3 Å². The summed E-state index contributed by atoms with van der Waals surface area (Å²) >= 11 is 1.48. The van der Waals surface area contributed by atoms with Gasteiger partial charge in [-0.1, -0.05) is 0 Å². The third-order valence-corrected chi connectivity index (χ3v) is 4.07. The molecule has 0 aliphatic heterocycles. The summed E-state index contributed by atoms with van der Waals surface area (Å²) < 4.78 is 5.49. The molecule has 2 heterocycles. The monoisotopic (exact) mass is 331 g/mol. The Hall–Kier alpha value is -2.04. The third kappa shape index (κ3) is 5.27. The van der Waals surface area contributed by atoms with Gasteiger partial charge in [0, 0.05) is 30.4 Å². The van der Waals surface area contributed by atoms with Crippen LogP contribution < -0.4 is 5.32 Å². The predicted molar refractivity (Wildman–Crippen MR) is 90.5 cm³/mol. The molecule has 2 rings (SSSR count). The van der Waals surface area contributed by atoms with Crippen molar-refractivity contribution < 1.29 is 4.74 Å². The maximum Gasteiger partial charge on any atom is 0.222 e. The fraction of sp³-hybridized carbons (Fsp3) is 0.500. The Labute approximate surface area is 140 Å². The lowest BCUT2D eigenvalue weighted by Crippen LogP contribution is -2.12. The number of aryl methyl sites for hydroxylation is 1. The van der Waals surface area contributed by atoms with E-state index in [1.54, 1.807) is 12.3 Å². The number of nitrogens with zero attached hydrogens (tertiary/aromatic N) is 4. The fourth-order valence-electron chi connectivity index (χ4n) is 1.96. The standard InChI is InChI=1S/C16H21N5OS/c1-11(2)22-8-4-6-18-16-19-7-5-14(21-16)13(9-17)15-20-12(3)10-23-15/h5,7,10-11,13H,4,6,8H2,1-3H3,(H,18,19,21). The number of anilines is 1. The van der Waals surface area contributed by atoms with E-state index >= 15 is 0 Å². The minimum Gasteiger partial charge on any atom is -0.379 e. The third-order valence-electron chi connectivity index (χ3n) is 3.04. The van der Waals surface area contributed by atoms with Gasteiger partial charge in [-0.25, -0.2) is 15.0 Å². The molecule has 1 N–H and O–H groups in total. The molecule has 2 aromatic heterocycles. The number of rotatable bonds is 8. The highest BCUT2D eigenvalue weighted by Crippen LogP contribution is 2.25. The fourth-order valence-corrected chi connectivity index (χ4v) is 2.81. The highest BCUT2D eigenvalue weighted by molar-refractivity contribution is 7.09. The number of nitriles is 1. The Morgan fingerprint density at radius 2 is 2.22 bits per heavy atom. The van der Waals surface area contributed by atoms with Gasteiger partial charge >= 0.3 is 0 Å². The summed E-state index contributed by atoms with van der Waals surface area (Å²) in [7, 11) is 0. The summed E-state index contributed by atoms with van der Waals surface area (Å²) in [5.41, 5.74) is 1.58. The molecule has 0 saturated heterocycles. The number of hydrogen-bond acceptors (Lipinski definition) is 7. The molecule has 0 bridgehead atoms. The summed E-state index contributed by atoms with van der Waals surface area (Å²) in [6.07, 6.45) is 2.78. The lowest BCUT2D eigenvalue weighted by atomic mass is 10.1. The largest absolute Gasteiger partial charge is 0.379 e. The van der Waals surface area contributed by atoms with Crippen LogP contribution in [0.15, 0.2) is 17.6 Å². The molecule has 122 valence electrons. The minimum atomic E-state index is -0.457. The molecule has 23 heavy (non-hydrogen) atoms. The molecule has 0 aromatic carbocycles. The summed E-state index contributed by atoms with van der Waals surface area (Å²) in [4.78, 5) is 13.0. The summed E-state index contributed by atoms with van der Waals surface area (Å²) in [6, 6.07) is 4.04. The van der Waals surface area contributed by atoms with Crippen molar-refractivity contribution in [3.8, 4) is 6.07 Å². The van der Waals surface area contributed by atoms with Crippen LogP contribution in [-0.2, 0) is 4.74 Å². The molecule has 1 atom stereocenters. The Morgan fingerprint density at radius 1 is 1.39 bits per heavy atom. The van der Waals surface area contributed by atoms with E-state index in [-0.39, 0.29) is 6.10 Å². The number of aromatic nitrogens is 3. The van der Waals surface area contributed by atoms with E-state index in [4.69, 9.17) is 4.74 Å². The van der Waals surface area contributed by atoms with Crippen LogP contribution in [-0.4, -0.2) is 34.2 Å². The van der Waals surface area contributed by atoms with Crippen LogP contribution in [0.4, 0.5) is 5.95 Å². The second kappa shape index (κ2) is 8.56. The average Bonchev–Trinajstić information content (AvgIpc) is 2.94. The maximum absolute atomic E-state index is 9.45. The highest BCUT2D eigenvalue weighted by Gasteiger charge is 2.19. The van der Waals surface area contributed by atoms with Crippen LogP contribution in [0.3, 0.4) is 0 Å². The molecule has 0 aliphatic rings. The van der Waals surface area contributed by atoms with Crippen molar-refractivity contribution in [2.75, 3.05) is 18.5 Å². The van der Waals surface area contributed by atoms with E-state index in [0.717, 1.165) is 23.7 Å². The van der Waals surface area contributed by atoms with Crippen molar-refractivity contribution in [1.29, 1.82) is 5.26 Å².